The molecule has 0 amide bonds. The second-order valence-corrected chi connectivity index (χ2v) is 6.17. The Kier molecular flexibility index (Phi) is 7.40. The average molecular weight is 311 g/mol. The molecule has 0 atom stereocenters. The van der Waals surface area contributed by atoms with Crippen LogP contribution in [-0.2, 0) is 14.8 Å². The van der Waals surface area contributed by atoms with Gasteiger partial charge in [0.25, 0.3) is 0 Å². The lowest BCUT2D eigenvalue weighted by Gasteiger charge is -2.20. The van der Waals surface area contributed by atoms with Gasteiger partial charge in [0.1, 0.15) is 0 Å². The van der Waals surface area contributed by atoms with Gasteiger partial charge in [0.2, 0.25) is 10.0 Å². The van der Waals surface area contributed by atoms with Gasteiger partial charge in [-0.1, -0.05) is 30.9 Å². The summed E-state index contributed by atoms with van der Waals surface area (Å²) in [7, 11) is -2.07. The van der Waals surface area contributed by atoms with E-state index in [0.717, 1.165) is 0 Å². The molecule has 1 aromatic rings. The summed E-state index contributed by atoms with van der Waals surface area (Å²) in [6, 6.07) is 6.64. The lowest BCUT2D eigenvalue weighted by atomic mass is 10.2. The summed E-state index contributed by atoms with van der Waals surface area (Å²) in [5, 5.41) is 8.75. The van der Waals surface area contributed by atoms with E-state index in [1.54, 1.807) is 31.2 Å². The summed E-state index contributed by atoms with van der Waals surface area (Å²) in [6.07, 6.45) is 0.315. The van der Waals surface area contributed by atoms with E-state index in [1.165, 1.54) is 11.4 Å². The number of methoxy groups -OCH3 is 1. The van der Waals surface area contributed by atoms with E-state index in [2.05, 4.69) is 11.8 Å². The number of hydrogen-bond acceptors (Lipinski definition) is 4. The first-order chi connectivity index (χ1) is 10.1. The predicted molar refractivity (Wildman–Crippen MR) is 81.3 cm³/mol. The maximum Gasteiger partial charge on any atom is 0.244 e. The standard InChI is InChI=1S/C15H21NO4S/c1-3-16(11-13-20-2)21(18,19)15-10-5-4-8-14(15)9-6-7-12-17/h4-5,8,10,17H,3,7,11-13H2,1-2H3. The van der Waals surface area contributed by atoms with Crippen molar-refractivity contribution in [2.75, 3.05) is 33.4 Å². The monoisotopic (exact) mass is 311 g/mol. The summed E-state index contributed by atoms with van der Waals surface area (Å²) >= 11 is 0. The van der Waals surface area contributed by atoms with Crippen molar-refractivity contribution in [3.63, 3.8) is 0 Å². The third kappa shape index (κ3) is 4.83. The van der Waals surface area contributed by atoms with Crippen molar-refractivity contribution in [3.8, 4) is 11.8 Å². The molecule has 0 fully saturated rings. The number of rotatable bonds is 7. The zero-order valence-electron chi connectivity index (χ0n) is 12.4. The normalized spacial score (nSPS) is 11.2. The zero-order chi connectivity index (χ0) is 15.7. The molecule has 0 saturated heterocycles. The molecule has 0 aliphatic rings. The maximum atomic E-state index is 12.7. The highest BCUT2D eigenvalue weighted by atomic mass is 32.2. The fourth-order valence-corrected chi connectivity index (χ4v) is 3.37. The first kappa shape index (κ1) is 17.7. The fourth-order valence-electron chi connectivity index (χ4n) is 1.79. The minimum atomic E-state index is -3.60. The van der Waals surface area contributed by atoms with Gasteiger partial charge in [-0.25, -0.2) is 8.42 Å². The fraction of sp³-hybridized carbons (Fsp3) is 0.467. The largest absolute Gasteiger partial charge is 0.395 e. The highest BCUT2D eigenvalue weighted by molar-refractivity contribution is 7.89. The topological polar surface area (TPSA) is 66.8 Å². The minimum Gasteiger partial charge on any atom is -0.395 e. The molecular weight excluding hydrogens is 290 g/mol. The summed E-state index contributed by atoms with van der Waals surface area (Å²) < 4.78 is 31.7. The van der Waals surface area contributed by atoms with Gasteiger partial charge < -0.3 is 9.84 Å². The molecule has 1 N–H and O–H groups in total. The third-order valence-electron chi connectivity index (χ3n) is 2.86. The first-order valence-corrected chi connectivity index (χ1v) is 8.19. The molecule has 0 aromatic heterocycles. The van der Waals surface area contributed by atoms with E-state index >= 15 is 0 Å². The number of ether oxygens (including phenoxy) is 1. The van der Waals surface area contributed by atoms with E-state index in [4.69, 9.17) is 9.84 Å². The summed E-state index contributed by atoms with van der Waals surface area (Å²) in [5.41, 5.74) is 0.446. The van der Waals surface area contributed by atoms with E-state index in [0.29, 0.717) is 31.7 Å². The van der Waals surface area contributed by atoms with Crippen LogP contribution in [-0.4, -0.2) is 51.2 Å². The third-order valence-corrected chi connectivity index (χ3v) is 4.89. The summed E-state index contributed by atoms with van der Waals surface area (Å²) in [4.78, 5) is 0.188. The molecule has 116 valence electrons. The van der Waals surface area contributed by atoms with Crippen LogP contribution in [0.5, 0.6) is 0 Å². The number of benzene rings is 1. The summed E-state index contributed by atoms with van der Waals surface area (Å²) in [5.74, 6) is 5.56. The van der Waals surface area contributed by atoms with E-state index < -0.39 is 10.0 Å². The Morgan fingerprint density at radius 3 is 2.67 bits per heavy atom. The Labute approximate surface area is 126 Å². The van der Waals surface area contributed by atoms with Crippen molar-refractivity contribution in [2.45, 2.75) is 18.2 Å². The average Bonchev–Trinajstić information content (AvgIpc) is 2.48. The minimum absolute atomic E-state index is 0.0448. The SMILES string of the molecule is CCN(CCOC)S(=O)(=O)c1ccccc1C#CCCO. The molecule has 0 heterocycles. The number of sulfonamides is 1. The van der Waals surface area contributed by atoms with Crippen LogP contribution in [0.2, 0.25) is 0 Å². The van der Waals surface area contributed by atoms with Crippen LogP contribution in [0.15, 0.2) is 29.2 Å². The number of aliphatic hydroxyl groups excluding tert-OH is 1. The van der Waals surface area contributed by atoms with Crippen molar-refractivity contribution in [1.29, 1.82) is 0 Å². The van der Waals surface area contributed by atoms with Gasteiger partial charge in [-0.3, -0.25) is 0 Å². The van der Waals surface area contributed by atoms with Crippen LogP contribution >= 0.6 is 0 Å². The molecule has 0 unspecified atom stereocenters. The molecule has 21 heavy (non-hydrogen) atoms. The molecule has 0 saturated carbocycles. The van der Waals surface area contributed by atoms with Gasteiger partial charge in [0.15, 0.2) is 0 Å². The Balaban J connectivity index is 3.16. The van der Waals surface area contributed by atoms with E-state index in [9.17, 15) is 8.42 Å². The highest BCUT2D eigenvalue weighted by Crippen LogP contribution is 2.19. The lowest BCUT2D eigenvalue weighted by Crippen LogP contribution is -2.34. The van der Waals surface area contributed by atoms with E-state index in [-0.39, 0.29) is 11.5 Å². The quantitative estimate of drug-likeness (QED) is 0.765. The molecule has 0 radical (unpaired) electrons. The second kappa shape index (κ2) is 8.80. The molecule has 5 nitrogen and oxygen atoms in total. The first-order valence-electron chi connectivity index (χ1n) is 6.75. The lowest BCUT2D eigenvalue weighted by molar-refractivity contribution is 0.180. The van der Waals surface area contributed by atoms with Crippen molar-refractivity contribution in [2.24, 2.45) is 0 Å². The summed E-state index contributed by atoms with van der Waals surface area (Å²) in [6.45, 7) is 2.74. The highest BCUT2D eigenvalue weighted by Gasteiger charge is 2.24. The Morgan fingerprint density at radius 1 is 1.33 bits per heavy atom. The van der Waals surface area contributed by atoms with Crippen LogP contribution in [0.3, 0.4) is 0 Å². The van der Waals surface area contributed by atoms with Crippen LogP contribution in [0.1, 0.15) is 18.9 Å². The van der Waals surface area contributed by atoms with Gasteiger partial charge in [0, 0.05) is 32.2 Å². The molecule has 0 bridgehead atoms. The van der Waals surface area contributed by atoms with Gasteiger partial charge >= 0.3 is 0 Å². The number of likely N-dealkylation sites (N-methyl/N-ethyl adjacent to an activating group) is 1. The second-order valence-electron chi connectivity index (χ2n) is 4.26. The van der Waals surface area contributed by atoms with Crippen molar-refractivity contribution >= 4 is 10.0 Å². The molecular formula is C15H21NO4S. The van der Waals surface area contributed by atoms with Gasteiger partial charge in [-0.2, -0.15) is 4.31 Å². The molecule has 1 rings (SSSR count). The molecule has 0 aliphatic heterocycles. The van der Waals surface area contributed by atoms with Crippen molar-refractivity contribution < 1.29 is 18.3 Å². The van der Waals surface area contributed by atoms with Gasteiger partial charge in [-0.05, 0) is 12.1 Å². The number of nitrogens with zero attached hydrogens (tertiary/aromatic N) is 1. The van der Waals surface area contributed by atoms with Crippen molar-refractivity contribution in [3.05, 3.63) is 29.8 Å². The predicted octanol–water partition coefficient (Wildman–Crippen LogP) is 1.08. The maximum absolute atomic E-state index is 12.7. The van der Waals surface area contributed by atoms with Gasteiger partial charge in [0.05, 0.1) is 18.1 Å². The van der Waals surface area contributed by atoms with Crippen molar-refractivity contribution in [1.82, 2.24) is 4.31 Å². The van der Waals surface area contributed by atoms with Crippen LogP contribution in [0.25, 0.3) is 0 Å². The number of aliphatic hydroxyl groups is 1. The Bertz CT molecular complexity index is 602. The van der Waals surface area contributed by atoms with Gasteiger partial charge in [-0.15, -0.1) is 0 Å². The zero-order valence-corrected chi connectivity index (χ0v) is 13.2. The smallest absolute Gasteiger partial charge is 0.244 e. The Morgan fingerprint density at radius 2 is 2.05 bits per heavy atom. The Hall–Kier alpha value is -1.39. The molecule has 0 aliphatic carbocycles. The van der Waals surface area contributed by atoms with Crippen LogP contribution in [0.4, 0.5) is 0 Å². The number of hydrogen-bond donors (Lipinski definition) is 1. The van der Waals surface area contributed by atoms with E-state index in [1.807, 2.05) is 0 Å². The molecule has 0 spiro atoms. The van der Waals surface area contributed by atoms with Crippen LogP contribution in [0, 0.1) is 11.8 Å². The van der Waals surface area contributed by atoms with Crippen LogP contribution < -0.4 is 0 Å². The molecule has 1 aromatic carbocycles. The molecule has 6 heteroatoms.